The molecule has 2 rings (SSSR count). The van der Waals surface area contributed by atoms with E-state index in [1.54, 1.807) is 0 Å². The van der Waals surface area contributed by atoms with Crippen molar-refractivity contribution in [1.82, 2.24) is 0 Å². The fourth-order valence-corrected chi connectivity index (χ4v) is 3.88. The van der Waals surface area contributed by atoms with Gasteiger partial charge in [-0.25, -0.2) is 0 Å². The minimum absolute atomic E-state index is 0.448. The summed E-state index contributed by atoms with van der Waals surface area (Å²) in [6.07, 6.45) is 15.2. The molecule has 2 saturated carbocycles. The molecule has 0 saturated heterocycles. The largest absolute Gasteiger partial charge is 0.328 e. The summed E-state index contributed by atoms with van der Waals surface area (Å²) in [7, 11) is 0. The molecule has 4 nitrogen and oxygen atoms in total. The van der Waals surface area contributed by atoms with E-state index in [2.05, 4.69) is 6.92 Å². The molecule has 4 heteroatoms. The molecular formula is C19H42N4. The van der Waals surface area contributed by atoms with Crippen LogP contribution < -0.4 is 22.9 Å². The Kier molecular flexibility index (Phi) is 9.67. The molecule has 23 heavy (non-hydrogen) atoms. The van der Waals surface area contributed by atoms with Crippen molar-refractivity contribution in [2.45, 2.75) is 109 Å². The van der Waals surface area contributed by atoms with Crippen LogP contribution in [-0.4, -0.2) is 17.7 Å². The highest BCUT2D eigenvalue weighted by atomic mass is 14.9. The van der Waals surface area contributed by atoms with E-state index >= 15 is 0 Å². The van der Waals surface area contributed by atoms with Crippen LogP contribution in [0.3, 0.4) is 0 Å². The summed E-state index contributed by atoms with van der Waals surface area (Å²) in [6, 6.07) is 1.00. The number of hydrogen-bond donors (Lipinski definition) is 4. The molecule has 0 aromatic heterocycles. The fourth-order valence-electron chi connectivity index (χ4n) is 3.88. The van der Waals surface area contributed by atoms with Gasteiger partial charge in [-0.05, 0) is 83.0 Å². The average molecular weight is 327 g/mol. The lowest BCUT2D eigenvalue weighted by molar-refractivity contribution is 0.225. The van der Waals surface area contributed by atoms with Crippen LogP contribution in [0.4, 0.5) is 0 Å². The number of hydrogen-bond acceptors (Lipinski definition) is 4. The van der Waals surface area contributed by atoms with E-state index in [-0.39, 0.29) is 0 Å². The summed E-state index contributed by atoms with van der Waals surface area (Å²) in [4.78, 5) is 0. The van der Waals surface area contributed by atoms with Crippen molar-refractivity contribution in [3.63, 3.8) is 0 Å². The third kappa shape index (κ3) is 10.3. The Morgan fingerprint density at radius 1 is 0.783 bits per heavy atom. The molecule has 2 aliphatic rings. The van der Waals surface area contributed by atoms with Gasteiger partial charge in [-0.15, -0.1) is 0 Å². The molecule has 0 unspecified atom stereocenters. The highest BCUT2D eigenvalue weighted by Gasteiger charge is 2.24. The van der Waals surface area contributed by atoms with Crippen molar-refractivity contribution >= 4 is 0 Å². The van der Waals surface area contributed by atoms with Gasteiger partial charge in [0.1, 0.15) is 0 Å². The molecule has 2 fully saturated rings. The highest BCUT2D eigenvalue weighted by molar-refractivity contribution is 4.80. The highest BCUT2D eigenvalue weighted by Crippen LogP contribution is 2.34. The fraction of sp³-hybridized carbons (Fsp3) is 1.00. The maximum atomic E-state index is 5.93. The molecule has 0 bridgehead atoms. The maximum absolute atomic E-state index is 5.93. The lowest BCUT2D eigenvalue weighted by Gasteiger charge is -2.32. The van der Waals surface area contributed by atoms with Gasteiger partial charge >= 0.3 is 0 Å². The minimum atomic E-state index is -0.448. The predicted octanol–water partition coefficient (Wildman–Crippen LogP) is 3.22. The van der Waals surface area contributed by atoms with Crippen molar-refractivity contribution < 1.29 is 0 Å². The zero-order valence-electron chi connectivity index (χ0n) is 15.6. The molecule has 0 spiro atoms. The van der Waals surface area contributed by atoms with Crippen LogP contribution in [0.25, 0.3) is 0 Å². The monoisotopic (exact) mass is 326 g/mol. The summed E-state index contributed by atoms with van der Waals surface area (Å²) in [5, 5.41) is 0. The smallest absolute Gasteiger partial charge is 0.0607 e. The maximum Gasteiger partial charge on any atom is 0.0607 e. The van der Waals surface area contributed by atoms with Gasteiger partial charge in [0.25, 0.3) is 0 Å². The van der Waals surface area contributed by atoms with E-state index in [1.165, 1.54) is 64.2 Å². The van der Waals surface area contributed by atoms with Crippen LogP contribution in [-0.2, 0) is 0 Å². The molecule has 0 aliphatic heterocycles. The first-order valence-electron chi connectivity index (χ1n) is 9.89. The molecule has 2 aliphatic carbocycles. The van der Waals surface area contributed by atoms with Gasteiger partial charge in [0, 0.05) is 12.1 Å². The second kappa shape index (κ2) is 10.7. The van der Waals surface area contributed by atoms with Crippen LogP contribution in [0, 0.1) is 11.8 Å². The van der Waals surface area contributed by atoms with E-state index in [4.69, 9.17) is 22.9 Å². The van der Waals surface area contributed by atoms with Crippen molar-refractivity contribution in [1.29, 1.82) is 0 Å². The van der Waals surface area contributed by atoms with Crippen LogP contribution in [0.1, 0.15) is 90.9 Å². The Morgan fingerprint density at radius 3 is 1.43 bits per heavy atom. The Bertz CT molecular complexity index is 264. The Balaban J connectivity index is 0.000000284. The molecule has 0 heterocycles. The normalized spacial score (nSPS) is 32.1. The van der Waals surface area contributed by atoms with E-state index in [9.17, 15) is 0 Å². The lowest BCUT2D eigenvalue weighted by Crippen LogP contribution is -2.45. The molecule has 138 valence electrons. The quantitative estimate of drug-likeness (QED) is 0.582. The molecule has 0 atom stereocenters. The standard InChI is InChI=1S/C13H26N2.C6H16N2/c14-12-5-1-10(2-6-12)9-11-3-7-13(15)8-4-11;1-3-4-5-6(2,7)8/h10-13H,1-9,14-15H2;3-5,7-8H2,1-2H3. The number of rotatable bonds is 5. The van der Waals surface area contributed by atoms with Crippen LogP contribution in [0.2, 0.25) is 0 Å². The molecule has 8 N–H and O–H groups in total. The molecule has 0 amide bonds. The van der Waals surface area contributed by atoms with Gasteiger partial charge in [-0.2, -0.15) is 0 Å². The summed E-state index contributed by atoms with van der Waals surface area (Å²) in [6.45, 7) is 3.98. The average Bonchev–Trinajstić information content (AvgIpc) is 2.50. The molecule has 0 aromatic rings. The molecule has 0 radical (unpaired) electrons. The first-order chi connectivity index (χ1) is 10.8. The van der Waals surface area contributed by atoms with E-state index in [0.29, 0.717) is 12.1 Å². The Morgan fingerprint density at radius 2 is 1.17 bits per heavy atom. The van der Waals surface area contributed by atoms with Crippen molar-refractivity contribution in [2.24, 2.45) is 34.8 Å². The molecule has 0 aromatic carbocycles. The lowest BCUT2D eigenvalue weighted by atomic mass is 9.76. The summed E-state index contributed by atoms with van der Waals surface area (Å²) >= 11 is 0. The second-order valence-corrected chi connectivity index (χ2v) is 8.41. The van der Waals surface area contributed by atoms with Gasteiger partial charge in [0.15, 0.2) is 0 Å². The summed E-state index contributed by atoms with van der Waals surface area (Å²) in [5.41, 5.74) is 22.4. The minimum Gasteiger partial charge on any atom is -0.328 e. The Hall–Kier alpha value is -0.160. The molecular weight excluding hydrogens is 284 g/mol. The zero-order chi connectivity index (χ0) is 17.3. The van der Waals surface area contributed by atoms with Crippen LogP contribution >= 0.6 is 0 Å². The first-order valence-corrected chi connectivity index (χ1v) is 9.89. The number of nitrogens with two attached hydrogens (primary N) is 4. The van der Waals surface area contributed by atoms with Crippen molar-refractivity contribution in [2.75, 3.05) is 0 Å². The topological polar surface area (TPSA) is 104 Å². The number of unbranched alkanes of at least 4 members (excludes halogenated alkanes) is 1. The van der Waals surface area contributed by atoms with Gasteiger partial charge in [-0.3, -0.25) is 0 Å². The predicted molar refractivity (Wildman–Crippen MR) is 101 cm³/mol. The zero-order valence-corrected chi connectivity index (χ0v) is 15.6. The van der Waals surface area contributed by atoms with Crippen molar-refractivity contribution in [3.8, 4) is 0 Å². The van der Waals surface area contributed by atoms with Crippen molar-refractivity contribution in [3.05, 3.63) is 0 Å². The summed E-state index contributed by atoms with van der Waals surface area (Å²) in [5.74, 6) is 1.95. The van der Waals surface area contributed by atoms with Crippen LogP contribution in [0.5, 0.6) is 0 Å². The van der Waals surface area contributed by atoms with Gasteiger partial charge in [0.2, 0.25) is 0 Å². The SMILES string of the molecule is CCCCC(C)(N)N.NC1CCC(CC2CCC(N)CC2)CC1. The van der Waals surface area contributed by atoms with Crippen LogP contribution in [0.15, 0.2) is 0 Å². The Labute approximate surface area is 144 Å². The van der Waals surface area contributed by atoms with Gasteiger partial charge in [-0.1, -0.05) is 19.8 Å². The first kappa shape index (κ1) is 20.9. The van der Waals surface area contributed by atoms with E-state index < -0.39 is 5.66 Å². The third-order valence-electron chi connectivity index (χ3n) is 5.52. The van der Waals surface area contributed by atoms with Gasteiger partial charge in [0.05, 0.1) is 5.66 Å². The second-order valence-electron chi connectivity index (χ2n) is 8.41. The third-order valence-corrected chi connectivity index (χ3v) is 5.52. The summed E-state index contributed by atoms with van der Waals surface area (Å²) < 4.78 is 0. The van der Waals surface area contributed by atoms with Gasteiger partial charge < -0.3 is 22.9 Å². The van der Waals surface area contributed by atoms with E-state index in [0.717, 1.165) is 24.7 Å². The van der Waals surface area contributed by atoms with E-state index in [1.807, 2.05) is 6.92 Å².